The molecule has 0 aliphatic rings. The summed E-state index contributed by atoms with van der Waals surface area (Å²) in [5, 5.41) is 10.2. The Balaban J connectivity index is 2.19. The average Bonchev–Trinajstić information content (AvgIpc) is 2.68. The summed E-state index contributed by atoms with van der Waals surface area (Å²) in [7, 11) is 0. The van der Waals surface area contributed by atoms with E-state index in [4.69, 9.17) is 0 Å². The normalized spacial score (nSPS) is 12.4. The molecule has 0 radical (unpaired) electrons. The first kappa shape index (κ1) is 12.2. The summed E-state index contributed by atoms with van der Waals surface area (Å²) in [5.41, 5.74) is 1.33. The Morgan fingerprint density at radius 3 is 3.00 bits per heavy atom. The number of hydrogen-bond donors (Lipinski definition) is 2. The first-order valence-corrected chi connectivity index (χ1v) is 6.17. The van der Waals surface area contributed by atoms with Crippen LogP contribution in [0.1, 0.15) is 19.4 Å². The van der Waals surface area contributed by atoms with Gasteiger partial charge in [0.25, 0.3) is 0 Å². The lowest BCUT2D eigenvalue weighted by molar-refractivity contribution is -0.120. The predicted molar refractivity (Wildman–Crippen MR) is 64.2 cm³/mol. The zero-order valence-electron chi connectivity index (χ0n) is 9.25. The maximum Gasteiger partial charge on any atom is 0.233 e. The fraction of sp³-hybridized carbons (Fsp3) is 0.545. The Hall–Kier alpha value is -0.870. The largest absolute Gasteiger partial charge is 0.355 e. The monoisotopic (exact) mass is 226 g/mol. The van der Waals surface area contributed by atoms with Gasteiger partial charge in [-0.05, 0) is 42.7 Å². The van der Waals surface area contributed by atoms with Gasteiger partial charge in [-0.2, -0.15) is 11.3 Å². The second-order valence-electron chi connectivity index (χ2n) is 3.57. The summed E-state index contributed by atoms with van der Waals surface area (Å²) >= 11 is 1.71. The maximum absolute atomic E-state index is 11.2. The lowest BCUT2D eigenvalue weighted by Crippen LogP contribution is -2.38. The van der Waals surface area contributed by atoms with Gasteiger partial charge in [0.05, 0.1) is 6.54 Å². The van der Waals surface area contributed by atoms with Crippen molar-refractivity contribution in [3.05, 3.63) is 22.4 Å². The fourth-order valence-electron chi connectivity index (χ4n) is 1.36. The van der Waals surface area contributed by atoms with Crippen molar-refractivity contribution in [3.63, 3.8) is 0 Å². The van der Waals surface area contributed by atoms with Crippen LogP contribution in [-0.4, -0.2) is 25.0 Å². The highest BCUT2D eigenvalue weighted by Crippen LogP contribution is 2.08. The van der Waals surface area contributed by atoms with Gasteiger partial charge in [-0.3, -0.25) is 4.79 Å². The minimum Gasteiger partial charge on any atom is -0.355 e. The minimum atomic E-state index is 0.0645. The minimum absolute atomic E-state index is 0.0645. The molecule has 3 nitrogen and oxygen atoms in total. The molecule has 1 heterocycles. The Labute approximate surface area is 94.9 Å². The van der Waals surface area contributed by atoms with E-state index in [0.29, 0.717) is 19.1 Å². The molecule has 0 aliphatic heterocycles. The molecule has 1 atom stereocenters. The Kier molecular flexibility index (Phi) is 5.36. The van der Waals surface area contributed by atoms with Gasteiger partial charge in [-0.25, -0.2) is 0 Å². The number of carbonyl (C=O) groups is 1. The molecule has 2 N–H and O–H groups in total. The number of amides is 1. The molecule has 0 aliphatic carbocycles. The smallest absolute Gasteiger partial charge is 0.233 e. The van der Waals surface area contributed by atoms with E-state index in [1.165, 1.54) is 5.56 Å². The topological polar surface area (TPSA) is 41.1 Å². The quantitative estimate of drug-likeness (QED) is 0.770. The van der Waals surface area contributed by atoms with Crippen LogP contribution in [-0.2, 0) is 11.2 Å². The third kappa shape index (κ3) is 4.95. The number of hydrogen-bond acceptors (Lipinski definition) is 3. The number of nitrogens with one attached hydrogen (secondary N) is 2. The Morgan fingerprint density at radius 2 is 2.40 bits per heavy atom. The van der Waals surface area contributed by atoms with Gasteiger partial charge < -0.3 is 10.6 Å². The molecule has 4 heteroatoms. The van der Waals surface area contributed by atoms with Gasteiger partial charge in [-0.15, -0.1) is 0 Å². The zero-order valence-corrected chi connectivity index (χ0v) is 10.1. The fourth-order valence-corrected chi connectivity index (χ4v) is 2.04. The van der Waals surface area contributed by atoms with Crippen LogP contribution < -0.4 is 10.6 Å². The van der Waals surface area contributed by atoms with Crippen molar-refractivity contribution in [1.29, 1.82) is 0 Å². The number of rotatable bonds is 6. The van der Waals surface area contributed by atoms with Crippen LogP contribution in [0.3, 0.4) is 0 Å². The van der Waals surface area contributed by atoms with Gasteiger partial charge in [0, 0.05) is 12.6 Å². The van der Waals surface area contributed by atoms with Crippen LogP contribution in [0.4, 0.5) is 0 Å². The standard InChI is InChI=1S/C11H18N2OS/c1-3-12-11(14)7-13-9(2)6-10-4-5-15-8-10/h4-5,8-9,13H,3,6-7H2,1-2H3,(H,12,14). The van der Waals surface area contributed by atoms with Gasteiger partial charge in [0.15, 0.2) is 0 Å². The van der Waals surface area contributed by atoms with E-state index in [1.807, 2.05) is 6.92 Å². The molecule has 1 amide bonds. The van der Waals surface area contributed by atoms with Crippen LogP contribution in [0.25, 0.3) is 0 Å². The molecule has 1 aromatic rings. The van der Waals surface area contributed by atoms with Crippen molar-refractivity contribution in [3.8, 4) is 0 Å². The van der Waals surface area contributed by atoms with E-state index in [9.17, 15) is 4.79 Å². The van der Waals surface area contributed by atoms with Crippen LogP contribution in [0.2, 0.25) is 0 Å². The molecule has 0 saturated carbocycles. The molecule has 0 fully saturated rings. The zero-order chi connectivity index (χ0) is 11.1. The van der Waals surface area contributed by atoms with E-state index in [-0.39, 0.29) is 5.91 Å². The molecular weight excluding hydrogens is 208 g/mol. The number of thiophene rings is 1. The van der Waals surface area contributed by atoms with E-state index < -0.39 is 0 Å². The Bertz CT molecular complexity index is 285. The molecule has 1 aromatic heterocycles. The molecule has 1 unspecified atom stereocenters. The lowest BCUT2D eigenvalue weighted by Gasteiger charge is -2.12. The van der Waals surface area contributed by atoms with Gasteiger partial charge >= 0.3 is 0 Å². The van der Waals surface area contributed by atoms with Gasteiger partial charge in [0.2, 0.25) is 5.91 Å². The van der Waals surface area contributed by atoms with Crippen molar-refractivity contribution in [2.24, 2.45) is 0 Å². The second-order valence-corrected chi connectivity index (χ2v) is 4.35. The van der Waals surface area contributed by atoms with Crippen LogP contribution in [0, 0.1) is 0 Å². The highest BCUT2D eigenvalue weighted by atomic mass is 32.1. The van der Waals surface area contributed by atoms with Crippen molar-refractivity contribution in [2.75, 3.05) is 13.1 Å². The van der Waals surface area contributed by atoms with E-state index in [2.05, 4.69) is 34.4 Å². The molecule has 0 saturated heterocycles. The third-order valence-electron chi connectivity index (χ3n) is 2.11. The highest BCUT2D eigenvalue weighted by molar-refractivity contribution is 7.07. The van der Waals surface area contributed by atoms with Crippen molar-refractivity contribution in [2.45, 2.75) is 26.3 Å². The predicted octanol–water partition coefficient (Wildman–Crippen LogP) is 1.40. The summed E-state index contributed by atoms with van der Waals surface area (Å²) in [5.74, 6) is 0.0645. The third-order valence-corrected chi connectivity index (χ3v) is 2.84. The lowest BCUT2D eigenvalue weighted by atomic mass is 10.1. The molecule has 15 heavy (non-hydrogen) atoms. The van der Waals surface area contributed by atoms with E-state index in [0.717, 1.165) is 6.42 Å². The summed E-state index contributed by atoms with van der Waals surface area (Å²) in [4.78, 5) is 11.2. The highest BCUT2D eigenvalue weighted by Gasteiger charge is 2.05. The van der Waals surface area contributed by atoms with Gasteiger partial charge in [-0.1, -0.05) is 0 Å². The van der Waals surface area contributed by atoms with Crippen LogP contribution in [0.15, 0.2) is 16.8 Å². The first-order valence-electron chi connectivity index (χ1n) is 5.23. The molecule has 1 rings (SSSR count). The second kappa shape index (κ2) is 6.58. The average molecular weight is 226 g/mol. The molecule has 0 spiro atoms. The van der Waals surface area contributed by atoms with Crippen LogP contribution >= 0.6 is 11.3 Å². The first-order chi connectivity index (χ1) is 7.22. The number of carbonyl (C=O) groups excluding carboxylic acids is 1. The molecule has 0 bridgehead atoms. The Morgan fingerprint density at radius 1 is 1.60 bits per heavy atom. The summed E-state index contributed by atoms with van der Waals surface area (Å²) in [6.45, 7) is 5.11. The van der Waals surface area contributed by atoms with Crippen molar-refractivity contribution >= 4 is 17.2 Å². The SMILES string of the molecule is CCNC(=O)CNC(C)Cc1ccsc1. The van der Waals surface area contributed by atoms with E-state index >= 15 is 0 Å². The van der Waals surface area contributed by atoms with Crippen molar-refractivity contribution in [1.82, 2.24) is 10.6 Å². The number of likely N-dealkylation sites (N-methyl/N-ethyl adjacent to an activating group) is 1. The summed E-state index contributed by atoms with van der Waals surface area (Å²) in [6.07, 6.45) is 0.975. The van der Waals surface area contributed by atoms with Crippen molar-refractivity contribution < 1.29 is 4.79 Å². The van der Waals surface area contributed by atoms with E-state index in [1.54, 1.807) is 11.3 Å². The molecule has 0 aromatic carbocycles. The van der Waals surface area contributed by atoms with Gasteiger partial charge in [0.1, 0.15) is 0 Å². The maximum atomic E-state index is 11.2. The molecule has 84 valence electrons. The molecular formula is C11H18N2OS. The summed E-state index contributed by atoms with van der Waals surface area (Å²) < 4.78 is 0. The van der Waals surface area contributed by atoms with Crippen LogP contribution in [0.5, 0.6) is 0 Å². The summed E-state index contributed by atoms with van der Waals surface area (Å²) in [6, 6.07) is 2.46.